The number of rotatable bonds is 14. The van der Waals surface area contributed by atoms with Gasteiger partial charge in [-0.1, -0.05) is 64.9 Å². The molecule has 0 aromatic heterocycles. The zero-order valence-corrected chi connectivity index (χ0v) is 38.1. The van der Waals surface area contributed by atoms with E-state index in [2.05, 4.69) is 9.80 Å². The van der Waals surface area contributed by atoms with Crippen molar-refractivity contribution in [2.45, 2.75) is 63.0 Å². The fourth-order valence-electron chi connectivity index (χ4n) is 6.00. The zero-order valence-electron chi connectivity index (χ0n) is 34.0. The van der Waals surface area contributed by atoms with Crippen LogP contribution in [0.5, 0.6) is 0 Å². The van der Waals surface area contributed by atoms with Crippen LogP contribution in [0.2, 0.25) is 0 Å². The molecular weight excluding hydrogens is 873 g/mol. The van der Waals surface area contributed by atoms with Crippen LogP contribution < -0.4 is 0 Å². The summed E-state index contributed by atoms with van der Waals surface area (Å²) in [4.78, 5) is 5.89. The number of benzene rings is 4. The predicted molar refractivity (Wildman–Crippen MR) is 232 cm³/mol. The molecule has 0 radical (unpaired) electrons. The van der Waals surface area contributed by atoms with Gasteiger partial charge in [-0.3, -0.25) is 18.9 Å². The Morgan fingerprint density at radius 2 is 0.883 bits per heavy atom. The van der Waals surface area contributed by atoms with E-state index >= 15 is 0 Å². The zero-order chi connectivity index (χ0) is 44.0. The Kier molecular flexibility index (Phi) is 18.8. The van der Waals surface area contributed by atoms with E-state index in [4.69, 9.17) is 18.6 Å². The minimum absolute atomic E-state index is 0.0225. The van der Waals surface area contributed by atoms with Crippen molar-refractivity contribution in [1.29, 1.82) is 0 Å². The van der Waals surface area contributed by atoms with E-state index in [1.54, 1.807) is 36.4 Å². The maximum absolute atomic E-state index is 13.6. The van der Waals surface area contributed by atoms with E-state index in [-0.39, 0.29) is 31.1 Å². The van der Waals surface area contributed by atoms with Crippen LogP contribution in [0.1, 0.15) is 29.5 Å². The third-order valence-electron chi connectivity index (χ3n) is 9.48. The molecule has 0 atom stereocenters. The van der Waals surface area contributed by atoms with Gasteiger partial charge in [-0.2, -0.15) is 16.8 Å². The van der Waals surface area contributed by atoms with Crippen LogP contribution in [0.3, 0.4) is 0 Å². The number of hydrogen-bond acceptors (Lipinski definition) is 13. The number of ether oxygens (including phenoxy) is 2. The van der Waals surface area contributed by atoms with Gasteiger partial charge in [-0.15, -0.1) is 0 Å². The highest BCUT2D eigenvalue weighted by Crippen LogP contribution is 2.35. The Bertz CT molecular complexity index is 2340. The molecule has 0 unspecified atom stereocenters. The molecule has 2 aliphatic heterocycles. The van der Waals surface area contributed by atoms with E-state index in [9.17, 15) is 33.7 Å². The summed E-state index contributed by atoms with van der Waals surface area (Å²) in [5.41, 5.74) is 3.03. The fraction of sp³-hybridized carbons (Fsp3) is 0.415. The first-order chi connectivity index (χ1) is 28.2. The average molecular weight is 927 g/mol. The summed E-state index contributed by atoms with van der Waals surface area (Å²) in [5, 5.41) is 0. The van der Waals surface area contributed by atoms with Crippen molar-refractivity contribution in [2.24, 2.45) is 0 Å². The molecule has 2 fully saturated rings. The highest BCUT2D eigenvalue weighted by molar-refractivity contribution is 8.00. The molecule has 2 aliphatic rings. The van der Waals surface area contributed by atoms with E-state index in [1.807, 2.05) is 45.0 Å². The first-order valence-corrected chi connectivity index (χ1v) is 26.3. The van der Waals surface area contributed by atoms with Crippen LogP contribution in [0.15, 0.2) is 120 Å². The molecule has 19 heteroatoms. The van der Waals surface area contributed by atoms with Gasteiger partial charge in [0, 0.05) is 36.0 Å². The normalized spacial score (nSPS) is 15.6. The molecule has 60 heavy (non-hydrogen) atoms. The SMILES string of the molecule is Cc1ccc(S(=O)(=O)O)cc1.Cc1ccc(S(=O)(=O)O)cc1.Cc1ccc(Sc2ccc(S(=O)(=O)CCCN3CCOCC3)cc2S(=O)(=O)CCCN2CCOCC2)cc1. The van der Waals surface area contributed by atoms with Crippen LogP contribution in [0.25, 0.3) is 0 Å². The minimum atomic E-state index is -4.02. The lowest BCUT2D eigenvalue weighted by Gasteiger charge is -2.26. The van der Waals surface area contributed by atoms with Gasteiger partial charge in [0.15, 0.2) is 19.7 Å². The van der Waals surface area contributed by atoms with Gasteiger partial charge >= 0.3 is 0 Å². The summed E-state index contributed by atoms with van der Waals surface area (Å²) in [6.07, 6.45) is 0.970. The van der Waals surface area contributed by atoms with Crippen LogP contribution in [0, 0.1) is 20.8 Å². The van der Waals surface area contributed by atoms with Crippen LogP contribution in [0.4, 0.5) is 0 Å². The van der Waals surface area contributed by atoms with Crippen LogP contribution in [-0.4, -0.2) is 130 Å². The van der Waals surface area contributed by atoms with Crippen molar-refractivity contribution in [1.82, 2.24) is 9.80 Å². The first kappa shape index (κ1) is 49.4. The number of morpholine rings is 2. The van der Waals surface area contributed by atoms with Crippen molar-refractivity contribution in [2.75, 3.05) is 77.2 Å². The Hall–Kier alpha value is -3.21. The third kappa shape index (κ3) is 16.6. The Balaban J connectivity index is 0.000000291. The number of hydrogen-bond donors (Lipinski definition) is 2. The topological polar surface area (TPSA) is 202 Å². The summed E-state index contributed by atoms with van der Waals surface area (Å²) >= 11 is 1.35. The second kappa shape index (κ2) is 22.8. The van der Waals surface area contributed by atoms with Crippen molar-refractivity contribution in [3.8, 4) is 0 Å². The summed E-state index contributed by atoms with van der Waals surface area (Å²) in [6, 6.07) is 24.4. The second-order valence-electron chi connectivity index (χ2n) is 14.4. The van der Waals surface area contributed by atoms with E-state index in [0.717, 1.165) is 47.8 Å². The lowest BCUT2D eigenvalue weighted by atomic mass is 10.2. The maximum Gasteiger partial charge on any atom is 0.294 e. The van der Waals surface area contributed by atoms with Crippen molar-refractivity contribution in [3.05, 3.63) is 108 Å². The van der Waals surface area contributed by atoms with E-state index in [1.165, 1.54) is 42.1 Å². The predicted octanol–water partition coefficient (Wildman–Crippen LogP) is 5.62. The average Bonchev–Trinajstić information content (AvgIpc) is 3.20. The minimum Gasteiger partial charge on any atom is -0.379 e. The van der Waals surface area contributed by atoms with Gasteiger partial charge < -0.3 is 9.47 Å². The Labute approximate surface area is 359 Å². The molecule has 2 saturated heterocycles. The number of nitrogens with zero attached hydrogens (tertiary/aromatic N) is 2. The van der Waals surface area contributed by atoms with Crippen LogP contribution in [-0.2, 0) is 49.4 Å². The van der Waals surface area contributed by atoms with Crippen LogP contribution >= 0.6 is 11.8 Å². The van der Waals surface area contributed by atoms with Gasteiger partial charge in [-0.05, 0) is 101 Å². The summed E-state index contributed by atoms with van der Waals surface area (Å²) in [5.74, 6) is -0.0579. The molecule has 14 nitrogen and oxygen atoms in total. The van der Waals surface area contributed by atoms with E-state index < -0.39 is 39.9 Å². The summed E-state index contributed by atoms with van der Waals surface area (Å²) < 4.78 is 123. The van der Waals surface area contributed by atoms with E-state index in [0.29, 0.717) is 57.3 Å². The second-order valence-corrected chi connectivity index (χ2v) is 22.5. The molecule has 330 valence electrons. The van der Waals surface area contributed by atoms with Gasteiger partial charge in [0.25, 0.3) is 20.2 Å². The smallest absolute Gasteiger partial charge is 0.294 e. The molecule has 2 N–H and O–H groups in total. The van der Waals surface area contributed by atoms with Gasteiger partial charge in [-0.25, -0.2) is 16.8 Å². The van der Waals surface area contributed by atoms with Crippen molar-refractivity contribution < 1.29 is 52.3 Å². The highest BCUT2D eigenvalue weighted by Gasteiger charge is 2.25. The lowest BCUT2D eigenvalue weighted by molar-refractivity contribution is 0.0380. The standard InChI is InChI=1S/C27H38N2O6S3.2C7H8O3S/c1-23-4-6-24(7-5-23)36-26-9-8-25(37(30,31)20-2-10-28-12-16-34-17-13-28)22-27(26)38(32,33)21-3-11-29-14-18-35-19-15-29;2*1-6-2-4-7(5-3-6)11(8,9)10/h4-9,22H,2-3,10-21H2,1H3;2*2-5H,1H3,(H,8,9,10). The van der Waals surface area contributed by atoms with Crippen molar-refractivity contribution >= 4 is 51.7 Å². The van der Waals surface area contributed by atoms with Crippen molar-refractivity contribution in [3.63, 3.8) is 0 Å². The molecular formula is C41H54N2O12S5. The molecule has 2 heterocycles. The molecule has 4 aromatic rings. The summed E-state index contributed by atoms with van der Waals surface area (Å²) in [7, 11) is -15.4. The largest absolute Gasteiger partial charge is 0.379 e. The fourth-order valence-corrected chi connectivity index (χ4v) is 11.1. The molecule has 0 bridgehead atoms. The number of sulfone groups is 2. The monoisotopic (exact) mass is 926 g/mol. The molecule has 0 saturated carbocycles. The third-order valence-corrected chi connectivity index (χ3v) is 16.1. The Morgan fingerprint density at radius 1 is 0.517 bits per heavy atom. The maximum atomic E-state index is 13.6. The molecule has 6 rings (SSSR count). The van der Waals surface area contributed by atoms with Gasteiger partial charge in [0.2, 0.25) is 0 Å². The molecule has 0 aliphatic carbocycles. The van der Waals surface area contributed by atoms with Gasteiger partial charge in [0.05, 0.1) is 57.5 Å². The number of aryl methyl sites for hydroxylation is 3. The molecule has 4 aromatic carbocycles. The lowest BCUT2D eigenvalue weighted by Crippen LogP contribution is -2.37. The summed E-state index contributed by atoms with van der Waals surface area (Å²) in [6.45, 7) is 12.9. The van der Waals surface area contributed by atoms with Gasteiger partial charge in [0.1, 0.15) is 0 Å². The molecule has 0 amide bonds. The molecule has 0 spiro atoms. The quantitative estimate of drug-likeness (QED) is 0.148. The highest BCUT2D eigenvalue weighted by atomic mass is 32.2. The Morgan fingerprint density at radius 3 is 1.28 bits per heavy atom. The first-order valence-electron chi connectivity index (χ1n) is 19.3.